The number of esters is 1. The van der Waals surface area contributed by atoms with Crippen LogP contribution in [0.3, 0.4) is 0 Å². The van der Waals surface area contributed by atoms with E-state index in [1.165, 1.54) is 19.2 Å². The summed E-state index contributed by atoms with van der Waals surface area (Å²) in [4.78, 5) is 28.1. The number of hydrogen-bond donors (Lipinski definition) is 1. The van der Waals surface area contributed by atoms with Crippen molar-refractivity contribution in [1.82, 2.24) is 4.98 Å². The Labute approximate surface area is 194 Å². The number of fused-ring (bicyclic) bond motifs is 1. The third kappa shape index (κ3) is 4.93. The summed E-state index contributed by atoms with van der Waals surface area (Å²) in [7, 11) is 0. The number of halogens is 2. The summed E-state index contributed by atoms with van der Waals surface area (Å²) in [5.74, 6) is 0.851. The van der Waals surface area contributed by atoms with Gasteiger partial charge in [0.25, 0.3) is 5.91 Å². The molecule has 0 saturated heterocycles. The molecule has 3 aromatic rings. The molecule has 4 rings (SSSR count). The Morgan fingerprint density at radius 2 is 1.91 bits per heavy atom. The Morgan fingerprint density at radius 3 is 2.62 bits per heavy atom. The molecular formula is C24H18Cl2N2O4. The van der Waals surface area contributed by atoms with Crippen LogP contribution in [0, 0.1) is 0 Å². The smallest absolute Gasteiger partial charge is 0.308 e. The van der Waals surface area contributed by atoms with Gasteiger partial charge in [-0.15, -0.1) is 0 Å². The number of nitrogens with one attached hydrogen (secondary N) is 1. The van der Waals surface area contributed by atoms with E-state index in [0.29, 0.717) is 38.7 Å². The van der Waals surface area contributed by atoms with Crippen LogP contribution in [0.25, 0.3) is 5.76 Å². The molecule has 1 N–H and O–H groups in total. The number of nitrogens with zero attached hydrogens (tertiary/aromatic N) is 1. The van der Waals surface area contributed by atoms with Gasteiger partial charge in [-0.2, -0.15) is 0 Å². The van der Waals surface area contributed by atoms with Crippen LogP contribution in [-0.4, -0.2) is 16.9 Å². The lowest BCUT2D eigenvalue weighted by Gasteiger charge is -2.19. The largest absolute Gasteiger partial charge is 0.439 e. The average Bonchev–Trinajstić information content (AvgIpc) is 2.77. The van der Waals surface area contributed by atoms with Crippen LogP contribution in [0.15, 0.2) is 60.8 Å². The lowest BCUT2D eigenvalue weighted by molar-refractivity contribution is -0.134. The van der Waals surface area contributed by atoms with Gasteiger partial charge in [0.05, 0.1) is 21.9 Å². The Morgan fingerprint density at radius 1 is 1.06 bits per heavy atom. The van der Waals surface area contributed by atoms with E-state index < -0.39 is 0 Å². The van der Waals surface area contributed by atoms with Crippen molar-refractivity contribution in [2.45, 2.75) is 19.8 Å². The van der Waals surface area contributed by atoms with E-state index in [-0.39, 0.29) is 11.9 Å². The Kier molecular flexibility index (Phi) is 6.44. The van der Waals surface area contributed by atoms with Gasteiger partial charge in [-0.3, -0.25) is 9.59 Å². The fourth-order valence-electron chi connectivity index (χ4n) is 3.33. The normalized spacial score (nSPS) is 12.4. The number of allylic oxidation sites excluding steroid dienone is 1. The van der Waals surface area contributed by atoms with Crippen LogP contribution in [0.5, 0.6) is 11.6 Å². The molecule has 0 bridgehead atoms. The van der Waals surface area contributed by atoms with Crippen molar-refractivity contribution in [3.8, 4) is 11.6 Å². The van der Waals surface area contributed by atoms with Crippen LogP contribution in [0.2, 0.25) is 10.0 Å². The molecule has 0 unspecified atom stereocenters. The molecule has 0 aliphatic heterocycles. The van der Waals surface area contributed by atoms with Crippen molar-refractivity contribution in [3.63, 3.8) is 0 Å². The molecule has 32 heavy (non-hydrogen) atoms. The van der Waals surface area contributed by atoms with Gasteiger partial charge in [-0.1, -0.05) is 35.3 Å². The highest BCUT2D eigenvalue weighted by molar-refractivity contribution is 6.42. The molecule has 0 fully saturated rings. The SMILES string of the molecule is CC(=O)OC1=CCCc2c(Oc3ccc(NC(=O)c4ccc(Cl)c(Cl)c4)cn3)cccc21. The zero-order valence-electron chi connectivity index (χ0n) is 17.0. The Bertz CT molecular complexity index is 1220. The molecule has 1 aliphatic carbocycles. The summed E-state index contributed by atoms with van der Waals surface area (Å²) >= 11 is 11.9. The van der Waals surface area contributed by atoms with E-state index in [1.54, 1.807) is 24.3 Å². The molecular weight excluding hydrogens is 451 g/mol. The van der Waals surface area contributed by atoms with Crippen molar-refractivity contribution in [1.29, 1.82) is 0 Å². The lowest BCUT2D eigenvalue weighted by Crippen LogP contribution is -2.12. The quantitative estimate of drug-likeness (QED) is 0.445. The second-order valence-corrected chi connectivity index (χ2v) is 7.87. The minimum atomic E-state index is -0.365. The summed E-state index contributed by atoms with van der Waals surface area (Å²) in [5, 5.41) is 3.44. The third-order valence-corrected chi connectivity index (χ3v) is 5.51. The van der Waals surface area contributed by atoms with Crippen LogP contribution in [0.4, 0.5) is 5.69 Å². The third-order valence-electron chi connectivity index (χ3n) is 4.77. The van der Waals surface area contributed by atoms with Gasteiger partial charge in [0.2, 0.25) is 5.88 Å². The molecule has 1 amide bonds. The summed E-state index contributed by atoms with van der Waals surface area (Å²) in [6.07, 6.45) is 4.90. The molecule has 0 saturated carbocycles. The molecule has 1 aliphatic rings. The van der Waals surface area contributed by atoms with Gasteiger partial charge < -0.3 is 14.8 Å². The fourth-order valence-corrected chi connectivity index (χ4v) is 3.63. The first-order valence-electron chi connectivity index (χ1n) is 9.82. The maximum absolute atomic E-state index is 12.4. The highest BCUT2D eigenvalue weighted by Crippen LogP contribution is 2.35. The minimum absolute atomic E-state index is 0.305. The van der Waals surface area contributed by atoms with Crippen molar-refractivity contribution in [3.05, 3.63) is 87.5 Å². The monoisotopic (exact) mass is 468 g/mol. The van der Waals surface area contributed by atoms with Crippen molar-refractivity contribution < 1.29 is 19.1 Å². The number of carbonyl (C=O) groups excluding carboxylic acids is 2. The van der Waals surface area contributed by atoms with Gasteiger partial charge in [0.1, 0.15) is 11.5 Å². The maximum Gasteiger partial charge on any atom is 0.308 e. The standard InChI is InChI=1S/C24H18Cl2N2O4/c1-14(29)31-21-6-2-5-18-17(21)4-3-7-22(18)32-23-11-9-16(13-27-23)28-24(30)15-8-10-19(25)20(26)12-15/h3-4,6-13H,2,5H2,1H3,(H,28,30). The van der Waals surface area contributed by atoms with Crippen LogP contribution < -0.4 is 10.1 Å². The first-order chi connectivity index (χ1) is 15.4. The topological polar surface area (TPSA) is 77.5 Å². The van der Waals surface area contributed by atoms with E-state index in [9.17, 15) is 9.59 Å². The molecule has 162 valence electrons. The highest BCUT2D eigenvalue weighted by Gasteiger charge is 2.19. The summed E-state index contributed by atoms with van der Waals surface area (Å²) in [6, 6.07) is 13.6. The van der Waals surface area contributed by atoms with E-state index in [4.69, 9.17) is 32.7 Å². The molecule has 0 spiro atoms. The second-order valence-electron chi connectivity index (χ2n) is 7.05. The first-order valence-corrected chi connectivity index (χ1v) is 10.6. The Balaban J connectivity index is 1.48. The number of hydrogen-bond acceptors (Lipinski definition) is 5. The molecule has 2 aromatic carbocycles. The fraction of sp³-hybridized carbons (Fsp3) is 0.125. The maximum atomic E-state index is 12.4. The summed E-state index contributed by atoms with van der Waals surface area (Å²) < 4.78 is 11.3. The lowest BCUT2D eigenvalue weighted by atomic mass is 9.95. The zero-order chi connectivity index (χ0) is 22.7. The second kappa shape index (κ2) is 9.42. The molecule has 0 atom stereocenters. The number of aromatic nitrogens is 1. The first kappa shape index (κ1) is 21.9. The zero-order valence-corrected chi connectivity index (χ0v) is 18.5. The van der Waals surface area contributed by atoms with Crippen molar-refractivity contribution in [2.75, 3.05) is 5.32 Å². The van der Waals surface area contributed by atoms with Gasteiger partial charge in [-0.25, -0.2) is 4.98 Å². The predicted molar refractivity (Wildman–Crippen MR) is 123 cm³/mol. The van der Waals surface area contributed by atoms with Crippen molar-refractivity contribution in [2.24, 2.45) is 0 Å². The predicted octanol–water partition coefficient (Wildman–Crippen LogP) is 6.28. The molecule has 6 nitrogen and oxygen atoms in total. The van der Waals surface area contributed by atoms with Crippen LogP contribution >= 0.6 is 23.2 Å². The number of pyridine rings is 1. The minimum Gasteiger partial charge on any atom is -0.439 e. The van der Waals surface area contributed by atoms with Gasteiger partial charge >= 0.3 is 5.97 Å². The van der Waals surface area contributed by atoms with E-state index in [1.807, 2.05) is 24.3 Å². The molecule has 1 aromatic heterocycles. The van der Waals surface area contributed by atoms with Gasteiger partial charge in [0, 0.05) is 29.7 Å². The number of ether oxygens (including phenoxy) is 2. The van der Waals surface area contributed by atoms with E-state index >= 15 is 0 Å². The molecule has 0 radical (unpaired) electrons. The van der Waals surface area contributed by atoms with Gasteiger partial charge in [-0.05, 0) is 49.2 Å². The van der Waals surface area contributed by atoms with Gasteiger partial charge in [0.15, 0.2) is 0 Å². The van der Waals surface area contributed by atoms with E-state index in [0.717, 1.165) is 24.0 Å². The number of carbonyl (C=O) groups is 2. The number of benzene rings is 2. The number of rotatable bonds is 5. The summed E-state index contributed by atoms with van der Waals surface area (Å²) in [5.41, 5.74) is 2.66. The highest BCUT2D eigenvalue weighted by atomic mass is 35.5. The summed E-state index contributed by atoms with van der Waals surface area (Å²) in [6.45, 7) is 1.38. The number of amides is 1. The number of anilines is 1. The Hall–Kier alpha value is -3.35. The average molecular weight is 469 g/mol. The van der Waals surface area contributed by atoms with Crippen LogP contribution in [0.1, 0.15) is 34.8 Å². The van der Waals surface area contributed by atoms with Crippen molar-refractivity contribution >= 4 is 46.5 Å². The molecule has 8 heteroatoms. The van der Waals surface area contributed by atoms with Crippen LogP contribution in [-0.2, 0) is 16.0 Å². The van der Waals surface area contributed by atoms with E-state index in [2.05, 4.69) is 10.3 Å². The molecule has 1 heterocycles.